The Labute approximate surface area is 187 Å². The third-order valence-electron chi connectivity index (χ3n) is 6.06. The molecule has 2 aliphatic rings. The summed E-state index contributed by atoms with van der Waals surface area (Å²) in [6.45, 7) is 1.60. The molecule has 2 fully saturated rings. The Hall–Kier alpha value is -2.90. The van der Waals surface area contributed by atoms with Crippen molar-refractivity contribution in [2.24, 2.45) is 0 Å². The number of pyridine rings is 1. The van der Waals surface area contributed by atoms with Crippen molar-refractivity contribution in [2.45, 2.75) is 31.0 Å². The van der Waals surface area contributed by atoms with Crippen LogP contribution in [0, 0.1) is 0 Å². The number of thiocarbonyl (C=S) groups is 1. The highest BCUT2D eigenvalue weighted by molar-refractivity contribution is 7.80. The first-order valence-electron chi connectivity index (χ1n) is 10.7. The molecule has 0 aliphatic carbocycles. The maximum Gasteiger partial charge on any atom is 0.170 e. The summed E-state index contributed by atoms with van der Waals surface area (Å²) in [6, 6.07) is 18.4. The van der Waals surface area contributed by atoms with Gasteiger partial charge in [0.2, 0.25) is 0 Å². The number of benzene rings is 1. The number of aromatic nitrogens is 2. The van der Waals surface area contributed by atoms with E-state index in [-0.39, 0.29) is 18.2 Å². The summed E-state index contributed by atoms with van der Waals surface area (Å²) in [7, 11) is 1.68. The van der Waals surface area contributed by atoms with Gasteiger partial charge in [-0.2, -0.15) is 0 Å². The zero-order valence-electron chi connectivity index (χ0n) is 17.5. The zero-order valence-corrected chi connectivity index (χ0v) is 18.3. The summed E-state index contributed by atoms with van der Waals surface area (Å²) in [4.78, 5) is 6.92. The quantitative estimate of drug-likeness (QED) is 0.591. The molecule has 2 saturated heterocycles. The van der Waals surface area contributed by atoms with Gasteiger partial charge in [0.25, 0.3) is 0 Å². The summed E-state index contributed by atoms with van der Waals surface area (Å²) in [6.07, 6.45) is 6.31. The van der Waals surface area contributed by atoms with Crippen molar-refractivity contribution < 1.29 is 9.47 Å². The van der Waals surface area contributed by atoms with E-state index < -0.39 is 0 Å². The SMILES string of the molecule is COc1ccc(-n2cccc2[C@@H]2[C@H](c3ccccn3)NC(=S)N2C[C@@H]2CCCO2)cc1. The second-order valence-electron chi connectivity index (χ2n) is 7.92. The first-order valence-corrected chi connectivity index (χ1v) is 11.1. The van der Waals surface area contributed by atoms with E-state index in [0.717, 1.165) is 53.9 Å². The Kier molecular flexibility index (Phi) is 5.61. The summed E-state index contributed by atoms with van der Waals surface area (Å²) in [5, 5.41) is 4.28. The van der Waals surface area contributed by atoms with Gasteiger partial charge in [-0.3, -0.25) is 4.98 Å². The van der Waals surface area contributed by atoms with Crippen molar-refractivity contribution in [3.05, 3.63) is 78.4 Å². The van der Waals surface area contributed by atoms with Crippen molar-refractivity contribution >= 4 is 17.3 Å². The van der Waals surface area contributed by atoms with Crippen LogP contribution in [-0.2, 0) is 4.74 Å². The van der Waals surface area contributed by atoms with E-state index in [4.69, 9.17) is 21.7 Å². The smallest absolute Gasteiger partial charge is 0.170 e. The summed E-state index contributed by atoms with van der Waals surface area (Å²) < 4.78 is 13.5. The number of nitrogens with zero attached hydrogens (tertiary/aromatic N) is 3. The van der Waals surface area contributed by atoms with E-state index in [1.54, 1.807) is 7.11 Å². The monoisotopic (exact) mass is 434 g/mol. The van der Waals surface area contributed by atoms with Crippen LogP contribution in [0.4, 0.5) is 0 Å². The van der Waals surface area contributed by atoms with Crippen LogP contribution in [0.3, 0.4) is 0 Å². The number of hydrogen-bond acceptors (Lipinski definition) is 4. The molecule has 0 unspecified atom stereocenters. The third kappa shape index (κ3) is 3.91. The van der Waals surface area contributed by atoms with Crippen LogP contribution >= 0.6 is 12.2 Å². The number of ether oxygens (including phenoxy) is 2. The predicted molar refractivity (Wildman–Crippen MR) is 123 cm³/mol. The molecule has 4 heterocycles. The zero-order chi connectivity index (χ0) is 21.2. The Balaban J connectivity index is 1.55. The molecule has 1 N–H and O–H groups in total. The number of methoxy groups -OCH3 is 1. The fourth-order valence-electron chi connectivity index (χ4n) is 4.54. The van der Waals surface area contributed by atoms with E-state index in [1.807, 2.05) is 30.5 Å². The minimum absolute atomic E-state index is 0.00343. The van der Waals surface area contributed by atoms with Crippen LogP contribution in [0.1, 0.15) is 36.3 Å². The summed E-state index contributed by atoms with van der Waals surface area (Å²) in [5.41, 5.74) is 3.22. The van der Waals surface area contributed by atoms with Gasteiger partial charge in [0.05, 0.1) is 31.0 Å². The van der Waals surface area contributed by atoms with E-state index in [2.05, 4.69) is 56.3 Å². The van der Waals surface area contributed by atoms with Crippen LogP contribution in [0.15, 0.2) is 67.0 Å². The molecule has 7 heteroatoms. The molecule has 0 amide bonds. The predicted octanol–water partition coefficient (Wildman–Crippen LogP) is 4.03. The fourth-order valence-corrected chi connectivity index (χ4v) is 4.86. The van der Waals surface area contributed by atoms with Gasteiger partial charge in [-0.05, 0) is 73.6 Å². The Morgan fingerprint density at radius 1 is 1.16 bits per heavy atom. The molecule has 0 spiro atoms. The van der Waals surface area contributed by atoms with Crippen molar-refractivity contribution in [1.82, 2.24) is 19.8 Å². The Morgan fingerprint density at radius 3 is 2.74 bits per heavy atom. The van der Waals surface area contributed by atoms with Crippen LogP contribution in [0.25, 0.3) is 5.69 Å². The molecule has 1 aromatic carbocycles. The van der Waals surface area contributed by atoms with E-state index in [9.17, 15) is 0 Å². The topological polar surface area (TPSA) is 51.5 Å². The van der Waals surface area contributed by atoms with Gasteiger partial charge in [-0.1, -0.05) is 6.07 Å². The van der Waals surface area contributed by atoms with Crippen LogP contribution < -0.4 is 10.1 Å². The highest BCUT2D eigenvalue weighted by atomic mass is 32.1. The van der Waals surface area contributed by atoms with Crippen LogP contribution in [0.5, 0.6) is 5.75 Å². The van der Waals surface area contributed by atoms with Crippen molar-refractivity contribution in [1.29, 1.82) is 0 Å². The average molecular weight is 435 g/mol. The van der Waals surface area contributed by atoms with Gasteiger partial charge < -0.3 is 24.3 Å². The van der Waals surface area contributed by atoms with E-state index in [0.29, 0.717) is 0 Å². The lowest BCUT2D eigenvalue weighted by Crippen LogP contribution is -2.36. The highest BCUT2D eigenvalue weighted by Crippen LogP contribution is 2.40. The molecular weight excluding hydrogens is 408 g/mol. The Morgan fingerprint density at radius 2 is 2.03 bits per heavy atom. The van der Waals surface area contributed by atoms with Crippen molar-refractivity contribution in [2.75, 3.05) is 20.3 Å². The lowest BCUT2D eigenvalue weighted by atomic mass is 10.0. The largest absolute Gasteiger partial charge is 0.497 e. The third-order valence-corrected chi connectivity index (χ3v) is 6.41. The van der Waals surface area contributed by atoms with E-state index in [1.165, 1.54) is 0 Å². The molecule has 160 valence electrons. The maximum atomic E-state index is 5.94. The molecule has 5 rings (SSSR count). The first-order chi connectivity index (χ1) is 15.2. The lowest BCUT2D eigenvalue weighted by molar-refractivity contribution is 0.0836. The van der Waals surface area contributed by atoms with Gasteiger partial charge in [0, 0.05) is 36.9 Å². The molecule has 3 aromatic rings. The lowest BCUT2D eigenvalue weighted by Gasteiger charge is -2.30. The average Bonchev–Trinajstić information content (AvgIpc) is 3.56. The van der Waals surface area contributed by atoms with Crippen LogP contribution in [-0.4, -0.2) is 45.9 Å². The van der Waals surface area contributed by atoms with Gasteiger partial charge >= 0.3 is 0 Å². The minimum Gasteiger partial charge on any atom is -0.497 e. The first kappa shape index (κ1) is 20.0. The molecule has 2 aliphatic heterocycles. The van der Waals surface area contributed by atoms with E-state index >= 15 is 0 Å². The second kappa shape index (κ2) is 8.69. The molecule has 0 radical (unpaired) electrons. The fraction of sp³-hybridized carbons (Fsp3) is 0.333. The van der Waals surface area contributed by atoms with Gasteiger partial charge in [-0.25, -0.2) is 0 Å². The van der Waals surface area contributed by atoms with Gasteiger partial charge in [0.1, 0.15) is 5.75 Å². The number of rotatable bonds is 6. The summed E-state index contributed by atoms with van der Waals surface area (Å²) >= 11 is 5.80. The van der Waals surface area contributed by atoms with Gasteiger partial charge in [-0.15, -0.1) is 0 Å². The molecule has 0 saturated carbocycles. The summed E-state index contributed by atoms with van der Waals surface area (Å²) in [5.74, 6) is 0.840. The van der Waals surface area contributed by atoms with Crippen molar-refractivity contribution in [3.63, 3.8) is 0 Å². The molecule has 0 bridgehead atoms. The number of hydrogen-bond donors (Lipinski definition) is 1. The van der Waals surface area contributed by atoms with Crippen LogP contribution in [0.2, 0.25) is 0 Å². The normalized spacial score (nSPS) is 23.2. The Bertz CT molecular complexity index is 1030. The standard InChI is InChI=1S/C24H26N4O2S/c1-29-18-11-9-17(10-12-18)27-14-4-8-21(27)23-22(20-7-2-3-13-25-20)26-24(31)28(23)16-19-6-5-15-30-19/h2-4,7-14,19,22-23H,5-6,15-16H2,1H3,(H,26,31)/t19-,22-,23+/m0/s1. The molecule has 6 nitrogen and oxygen atoms in total. The molecule has 31 heavy (non-hydrogen) atoms. The maximum absolute atomic E-state index is 5.94. The molecular formula is C24H26N4O2S. The van der Waals surface area contributed by atoms with Crippen molar-refractivity contribution in [3.8, 4) is 11.4 Å². The molecule has 2 aromatic heterocycles. The van der Waals surface area contributed by atoms with Gasteiger partial charge in [0.15, 0.2) is 5.11 Å². The molecule has 3 atom stereocenters. The minimum atomic E-state index is -0.0398. The second-order valence-corrected chi connectivity index (χ2v) is 8.30. The number of nitrogens with one attached hydrogen (secondary N) is 1. The highest BCUT2D eigenvalue weighted by Gasteiger charge is 2.42.